The highest BCUT2D eigenvalue weighted by molar-refractivity contribution is 5.29. The molecule has 0 radical (unpaired) electrons. The van der Waals surface area contributed by atoms with E-state index in [1.165, 1.54) is 6.42 Å². The van der Waals surface area contributed by atoms with Crippen LogP contribution in [0.5, 0.6) is 0 Å². The van der Waals surface area contributed by atoms with E-state index in [4.69, 9.17) is 9.47 Å². The van der Waals surface area contributed by atoms with Gasteiger partial charge >= 0.3 is 0 Å². The molecule has 10 atom stereocenters. The summed E-state index contributed by atoms with van der Waals surface area (Å²) in [6, 6.07) is 0. The Morgan fingerprint density at radius 2 is 1.54 bits per heavy atom. The maximum absolute atomic E-state index is 12.2. The predicted octanol–water partition coefficient (Wildman–Crippen LogP) is 2.46. The standard InChI is InChI=1S/C23H36O5/c1-19-6-4-13-12-22(13,19)18(25)11-15-14(19)10-17(24)20(2)16(5-7-23(15,20)26)21(3)27-8-9-28-21/h13-18,24-26H,4-12H2,1-3H3/t13?,14-,15+,16-,17?,18?,19+,20-,22?,23?/m0/s1. The second-order valence-corrected chi connectivity index (χ2v) is 11.6. The summed E-state index contributed by atoms with van der Waals surface area (Å²) in [5.74, 6) is 0.209. The molecule has 5 heteroatoms. The molecule has 28 heavy (non-hydrogen) atoms. The average molecular weight is 393 g/mol. The average Bonchev–Trinajstić information content (AvgIpc) is 2.91. The second kappa shape index (κ2) is 5.16. The van der Waals surface area contributed by atoms with Crippen molar-refractivity contribution in [3.63, 3.8) is 0 Å². The van der Waals surface area contributed by atoms with Crippen LogP contribution in [0.3, 0.4) is 0 Å². The van der Waals surface area contributed by atoms with Crippen LogP contribution in [0.15, 0.2) is 0 Å². The summed E-state index contributed by atoms with van der Waals surface area (Å²) in [6.07, 6.45) is 5.45. The van der Waals surface area contributed by atoms with Gasteiger partial charge in [0.25, 0.3) is 0 Å². The zero-order valence-corrected chi connectivity index (χ0v) is 17.5. The lowest BCUT2D eigenvalue weighted by molar-refractivity contribution is -0.289. The van der Waals surface area contributed by atoms with E-state index < -0.39 is 22.9 Å². The smallest absolute Gasteiger partial charge is 0.169 e. The van der Waals surface area contributed by atoms with E-state index in [-0.39, 0.29) is 34.7 Å². The first-order valence-corrected chi connectivity index (χ1v) is 11.5. The quantitative estimate of drug-likeness (QED) is 0.639. The molecule has 0 amide bonds. The summed E-state index contributed by atoms with van der Waals surface area (Å²) in [5, 5.41) is 35.1. The fraction of sp³-hybridized carbons (Fsp3) is 1.00. The van der Waals surface area contributed by atoms with Gasteiger partial charge in [-0.1, -0.05) is 13.8 Å². The number of aliphatic hydroxyl groups is 3. The third kappa shape index (κ3) is 1.73. The fourth-order valence-corrected chi connectivity index (χ4v) is 9.81. The van der Waals surface area contributed by atoms with Crippen molar-refractivity contribution in [3.05, 3.63) is 0 Å². The maximum atomic E-state index is 12.2. The Morgan fingerprint density at radius 1 is 0.857 bits per heavy atom. The van der Waals surface area contributed by atoms with Gasteiger partial charge in [0.2, 0.25) is 0 Å². The van der Waals surface area contributed by atoms with Gasteiger partial charge in [0.1, 0.15) is 0 Å². The molecule has 5 unspecified atom stereocenters. The lowest BCUT2D eigenvalue weighted by Gasteiger charge is -2.65. The van der Waals surface area contributed by atoms with Crippen molar-refractivity contribution in [3.8, 4) is 0 Å². The molecule has 1 saturated heterocycles. The highest BCUT2D eigenvalue weighted by atomic mass is 16.7. The molecule has 0 aromatic rings. The first-order valence-electron chi connectivity index (χ1n) is 11.5. The molecular weight excluding hydrogens is 356 g/mol. The Hall–Kier alpha value is -0.200. The number of hydrogen-bond donors (Lipinski definition) is 3. The van der Waals surface area contributed by atoms with E-state index in [0.717, 1.165) is 25.7 Å². The summed E-state index contributed by atoms with van der Waals surface area (Å²) in [6.45, 7) is 7.55. The molecule has 1 aliphatic heterocycles. The van der Waals surface area contributed by atoms with Crippen molar-refractivity contribution in [1.82, 2.24) is 0 Å². The SMILES string of the molecule is CC1([C@H]2CCC3(O)[C@@H]4CC(O)C56CC5CC[C@]6(C)[C@H]4CC(O)[C@]23C)OCCO1. The van der Waals surface area contributed by atoms with Crippen molar-refractivity contribution in [1.29, 1.82) is 0 Å². The van der Waals surface area contributed by atoms with Crippen LogP contribution in [-0.4, -0.2) is 52.1 Å². The Kier molecular flexibility index (Phi) is 3.42. The molecule has 5 aliphatic carbocycles. The van der Waals surface area contributed by atoms with Crippen LogP contribution in [0.4, 0.5) is 0 Å². The van der Waals surface area contributed by atoms with Gasteiger partial charge < -0.3 is 24.8 Å². The van der Waals surface area contributed by atoms with Crippen LogP contribution in [0.1, 0.15) is 65.7 Å². The van der Waals surface area contributed by atoms with Crippen molar-refractivity contribution in [2.75, 3.05) is 13.2 Å². The Bertz CT molecular complexity index is 705. The minimum absolute atomic E-state index is 0.0402. The van der Waals surface area contributed by atoms with E-state index in [1.54, 1.807) is 0 Å². The molecule has 5 saturated carbocycles. The Balaban J connectivity index is 1.43. The molecule has 6 aliphatic rings. The molecule has 0 bridgehead atoms. The van der Waals surface area contributed by atoms with E-state index in [9.17, 15) is 15.3 Å². The molecule has 0 aromatic carbocycles. The molecule has 5 nitrogen and oxygen atoms in total. The number of fused-ring (bicyclic) bond motifs is 4. The topological polar surface area (TPSA) is 79.2 Å². The van der Waals surface area contributed by atoms with Gasteiger partial charge in [0.15, 0.2) is 5.79 Å². The zero-order chi connectivity index (χ0) is 19.7. The molecule has 158 valence electrons. The minimum atomic E-state index is -0.975. The van der Waals surface area contributed by atoms with Crippen molar-refractivity contribution >= 4 is 0 Å². The molecule has 0 aromatic heterocycles. The predicted molar refractivity (Wildman–Crippen MR) is 102 cm³/mol. The summed E-state index contributed by atoms with van der Waals surface area (Å²) in [5.41, 5.74) is -1.55. The number of hydrogen-bond acceptors (Lipinski definition) is 5. The normalized spacial score (nSPS) is 64.1. The minimum Gasteiger partial charge on any atom is -0.393 e. The van der Waals surface area contributed by atoms with Gasteiger partial charge in [-0.25, -0.2) is 0 Å². The lowest BCUT2D eigenvalue weighted by Crippen LogP contribution is -2.69. The highest BCUT2D eigenvalue weighted by Gasteiger charge is 2.80. The van der Waals surface area contributed by atoms with Crippen LogP contribution in [0.25, 0.3) is 0 Å². The summed E-state index contributed by atoms with van der Waals surface area (Å²) < 4.78 is 12.0. The van der Waals surface area contributed by atoms with Crippen LogP contribution < -0.4 is 0 Å². The van der Waals surface area contributed by atoms with E-state index in [1.807, 2.05) is 6.92 Å². The van der Waals surface area contributed by atoms with E-state index in [2.05, 4.69) is 13.8 Å². The maximum Gasteiger partial charge on any atom is 0.169 e. The first-order chi connectivity index (χ1) is 13.1. The number of ether oxygens (including phenoxy) is 2. The van der Waals surface area contributed by atoms with Crippen molar-refractivity contribution in [2.45, 2.75) is 89.3 Å². The largest absolute Gasteiger partial charge is 0.393 e. The Labute approximate surface area is 167 Å². The van der Waals surface area contributed by atoms with Crippen LogP contribution >= 0.6 is 0 Å². The summed E-state index contributed by atoms with van der Waals surface area (Å²) >= 11 is 0. The van der Waals surface area contributed by atoms with Crippen LogP contribution in [0, 0.1) is 39.9 Å². The number of rotatable bonds is 1. The summed E-state index contributed by atoms with van der Waals surface area (Å²) in [4.78, 5) is 0. The van der Waals surface area contributed by atoms with Gasteiger partial charge in [-0.3, -0.25) is 0 Å². The molecular formula is C23H36O5. The van der Waals surface area contributed by atoms with Gasteiger partial charge in [0.05, 0.1) is 31.0 Å². The molecule has 1 spiro atoms. The molecule has 6 rings (SSSR count). The second-order valence-electron chi connectivity index (χ2n) is 11.6. The monoisotopic (exact) mass is 392 g/mol. The lowest BCUT2D eigenvalue weighted by atomic mass is 9.43. The van der Waals surface area contributed by atoms with Gasteiger partial charge in [0, 0.05) is 16.7 Å². The molecule has 3 N–H and O–H groups in total. The van der Waals surface area contributed by atoms with Gasteiger partial charge in [-0.2, -0.15) is 0 Å². The highest BCUT2D eigenvalue weighted by Crippen LogP contribution is 2.82. The van der Waals surface area contributed by atoms with Gasteiger partial charge in [-0.15, -0.1) is 0 Å². The first kappa shape index (κ1) is 18.6. The third-order valence-corrected chi connectivity index (χ3v) is 11.4. The zero-order valence-electron chi connectivity index (χ0n) is 17.5. The van der Waals surface area contributed by atoms with Crippen molar-refractivity contribution in [2.24, 2.45) is 39.9 Å². The fourth-order valence-electron chi connectivity index (χ4n) is 9.81. The van der Waals surface area contributed by atoms with Crippen LogP contribution in [-0.2, 0) is 9.47 Å². The van der Waals surface area contributed by atoms with Gasteiger partial charge in [-0.05, 0) is 75.0 Å². The molecule has 1 heterocycles. The van der Waals surface area contributed by atoms with E-state index in [0.29, 0.717) is 32.0 Å². The summed E-state index contributed by atoms with van der Waals surface area (Å²) in [7, 11) is 0. The number of aliphatic hydroxyl groups excluding tert-OH is 2. The van der Waals surface area contributed by atoms with Crippen molar-refractivity contribution < 1.29 is 24.8 Å². The van der Waals surface area contributed by atoms with E-state index >= 15 is 0 Å². The van der Waals surface area contributed by atoms with Crippen LogP contribution in [0.2, 0.25) is 0 Å². The molecule has 6 fully saturated rings. The Morgan fingerprint density at radius 3 is 2.21 bits per heavy atom. The third-order valence-electron chi connectivity index (χ3n) is 11.4.